The van der Waals surface area contributed by atoms with E-state index >= 15 is 0 Å². The molecule has 1 saturated carbocycles. The van der Waals surface area contributed by atoms with Gasteiger partial charge in [0, 0.05) is 49.9 Å². The predicted molar refractivity (Wildman–Crippen MR) is 101 cm³/mol. The van der Waals surface area contributed by atoms with Crippen molar-refractivity contribution in [2.24, 2.45) is 7.05 Å². The van der Waals surface area contributed by atoms with Crippen LogP contribution in [-0.2, 0) is 24.9 Å². The number of aromatic nitrogens is 2. The highest BCUT2D eigenvalue weighted by atomic mass is 16.2. The Kier molecular flexibility index (Phi) is 4.81. The molecule has 1 aliphatic carbocycles. The van der Waals surface area contributed by atoms with Crippen LogP contribution in [0.15, 0.2) is 42.7 Å². The number of aryl methyl sites for hydroxylation is 1. The molecule has 4 rings (SSSR count). The Morgan fingerprint density at radius 3 is 2.62 bits per heavy atom. The molecule has 0 radical (unpaired) electrons. The van der Waals surface area contributed by atoms with Gasteiger partial charge in [-0.15, -0.1) is 0 Å². The van der Waals surface area contributed by atoms with Gasteiger partial charge >= 0.3 is 0 Å². The van der Waals surface area contributed by atoms with E-state index in [0.717, 1.165) is 45.2 Å². The van der Waals surface area contributed by atoms with Crippen LogP contribution in [0.25, 0.3) is 0 Å². The lowest BCUT2D eigenvalue weighted by atomic mass is 9.77. The highest BCUT2D eigenvalue weighted by Crippen LogP contribution is 2.43. The minimum Gasteiger partial charge on any atom is -0.333 e. The van der Waals surface area contributed by atoms with Crippen molar-refractivity contribution in [3.05, 3.63) is 53.9 Å². The fourth-order valence-corrected chi connectivity index (χ4v) is 4.60. The molecule has 5 heteroatoms. The second kappa shape index (κ2) is 7.23. The fourth-order valence-electron chi connectivity index (χ4n) is 4.60. The van der Waals surface area contributed by atoms with Crippen LogP contribution in [0.5, 0.6) is 0 Å². The average Bonchev–Trinajstić information content (AvgIpc) is 3.21. The third kappa shape index (κ3) is 3.54. The molecule has 1 amide bonds. The zero-order valence-corrected chi connectivity index (χ0v) is 15.5. The van der Waals surface area contributed by atoms with Crippen LogP contribution < -0.4 is 5.32 Å². The van der Waals surface area contributed by atoms with Crippen molar-refractivity contribution in [1.82, 2.24) is 20.0 Å². The molecule has 2 aliphatic rings. The molecule has 1 N–H and O–H groups in total. The van der Waals surface area contributed by atoms with Gasteiger partial charge in [-0.2, -0.15) is 5.10 Å². The van der Waals surface area contributed by atoms with Gasteiger partial charge in [0.15, 0.2) is 0 Å². The van der Waals surface area contributed by atoms with Gasteiger partial charge in [0.25, 0.3) is 0 Å². The van der Waals surface area contributed by atoms with Crippen LogP contribution in [0.3, 0.4) is 0 Å². The second-order valence-corrected chi connectivity index (χ2v) is 7.87. The van der Waals surface area contributed by atoms with E-state index in [4.69, 9.17) is 0 Å². The Morgan fingerprint density at radius 2 is 1.92 bits per heavy atom. The second-order valence-electron chi connectivity index (χ2n) is 7.87. The molecule has 0 bridgehead atoms. The lowest BCUT2D eigenvalue weighted by molar-refractivity contribution is -0.133. The molecule has 1 aromatic heterocycles. The first-order chi connectivity index (χ1) is 12.6. The van der Waals surface area contributed by atoms with Gasteiger partial charge < -0.3 is 10.2 Å². The van der Waals surface area contributed by atoms with E-state index in [1.54, 1.807) is 0 Å². The van der Waals surface area contributed by atoms with Gasteiger partial charge in [-0.1, -0.05) is 30.3 Å². The number of nitrogens with one attached hydrogen (secondary N) is 1. The SMILES string of the molecule is Cn1cc(CNC2CCC3(CCC(=O)N3Cc3ccccc3)CC2)cn1. The number of hydrogen-bond donors (Lipinski definition) is 1. The summed E-state index contributed by atoms with van der Waals surface area (Å²) in [6, 6.07) is 10.9. The summed E-state index contributed by atoms with van der Waals surface area (Å²) in [7, 11) is 1.95. The number of nitrogens with zero attached hydrogens (tertiary/aromatic N) is 3. The first-order valence-electron chi connectivity index (χ1n) is 9.70. The zero-order chi connectivity index (χ0) is 18.0. The molecular formula is C21H28N4O. The Hall–Kier alpha value is -2.14. The average molecular weight is 352 g/mol. The minimum absolute atomic E-state index is 0.0827. The topological polar surface area (TPSA) is 50.2 Å². The van der Waals surface area contributed by atoms with Gasteiger partial charge in [0.2, 0.25) is 5.91 Å². The number of carbonyl (C=O) groups is 1. The summed E-state index contributed by atoms with van der Waals surface area (Å²) in [6.07, 6.45) is 10.2. The molecular weight excluding hydrogens is 324 g/mol. The Morgan fingerprint density at radius 1 is 1.15 bits per heavy atom. The van der Waals surface area contributed by atoms with Crippen molar-refractivity contribution in [3.63, 3.8) is 0 Å². The van der Waals surface area contributed by atoms with Gasteiger partial charge in [-0.3, -0.25) is 9.48 Å². The summed E-state index contributed by atoms with van der Waals surface area (Å²) in [5, 5.41) is 7.91. The van der Waals surface area contributed by atoms with E-state index in [2.05, 4.69) is 45.8 Å². The first kappa shape index (κ1) is 17.3. The summed E-state index contributed by atoms with van der Waals surface area (Å²) < 4.78 is 1.85. The third-order valence-corrected chi connectivity index (χ3v) is 6.13. The molecule has 2 fully saturated rings. The maximum Gasteiger partial charge on any atom is 0.223 e. The fraction of sp³-hybridized carbons (Fsp3) is 0.524. The largest absolute Gasteiger partial charge is 0.333 e. The van der Waals surface area contributed by atoms with E-state index in [-0.39, 0.29) is 5.54 Å². The van der Waals surface area contributed by atoms with Crippen LogP contribution in [0, 0.1) is 0 Å². The van der Waals surface area contributed by atoms with Crippen LogP contribution in [0.2, 0.25) is 0 Å². The lowest BCUT2D eigenvalue weighted by Crippen LogP contribution is -2.50. The first-order valence-corrected chi connectivity index (χ1v) is 9.70. The van der Waals surface area contributed by atoms with Crippen molar-refractivity contribution >= 4 is 5.91 Å². The molecule has 2 aromatic rings. The molecule has 0 unspecified atom stereocenters. The molecule has 1 saturated heterocycles. The molecule has 1 aromatic carbocycles. The molecule has 1 aliphatic heterocycles. The Balaban J connectivity index is 1.36. The Bertz CT molecular complexity index is 746. The summed E-state index contributed by atoms with van der Waals surface area (Å²) in [6.45, 7) is 1.63. The number of benzene rings is 1. The highest BCUT2D eigenvalue weighted by Gasteiger charge is 2.46. The van der Waals surface area contributed by atoms with Crippen LogP contribution >= 0.6 is 0 Å². The molecule has 2 heterocycles. The summed E-state index contributed by atoms with van der Waals surface area (Å²) >= 11 is 0. The summed E-state index contributed by atoms with van der Waals surface area (Å²) in [5.74, 6) is 0.329. The van der Waals surface area contributed by atoms with E-state index in [0.29, 0.717) is 18.4 Å². The van der Waals surface area contributed by atoms with Gasteiger partial charge in [0.1, 0.15) is 0 Å². The van der Waals surface area contributed by atoms with E-state index in [1.807, 2.05) is 24.0 Å². The van der Waals surface area contributed by atoms with E-state index < -0.39 is 0 Å². The summed E-state index contributed by atoms with van der Waals surface area (Å²) in [4.78, 5) is 14.7. The van der Waals surface area contributed by atoms with Gasteiger partial charge in [-0.25, -0.2) is 0 Å². The number of rotatable bonds is 5. The maximum atomic E-state index is 12.5. The minimum atomic E-state index is 0.0827. The van der Waals surface area contributed by atoms with Crippen LogP contribution in [0.4, 0.5) is 0 Å². The number of amides is 1. The van der Waals surface area contributed by atoms with Crippen molar-refractivity contribution < 1.29 is 4.79 Å². The monoisotopic (exact) mass is 352 g/mol. The highest BCUT2D eigenvalue weighted by molar-refractivity contribution is 5.79. The van der Waals surface area contributed by atoms with Crippen molar-refractivity contribution in [3.8, 4) is 0 Å². The molecule has 1 spiro atoms. The molecule has 26 heavy (non-hydrogen) atoms. The van der Waals surface area contributed by atoms with Crippen molar-refractivity contribution in [2.45, 2.75) is 63.2 Å². The van der Waals surface area contributed by atoms with Gasteiger partial charge in [-0.05, 0) is 37.7 Å². The van der Waals surface area contributed by atoms with Crippen LogP contribution in [0.1, 0.15) is 49.7 Å². The molecule has 138 valence electrons. The van der Waals surface area contributed by atoms with Crippen molar-refractivity contribution in [1.29, 1.82) is 0 Å². The number of carbonyl (C=O) groups excluding carboxylic acids is 1. The molecule has 5 nitrogen and oxygen atoms in total. The van der Waals surface area contributed by atoms with E-state index in [9.17, 15) is 4.79 Å². The quantitative estimate of drug-likeness (QED) is 0.900. The van der Waals surface area contributed by atoms with Gasteiger partial charge in [0.05, 0.1) is 6.20 Å². The third-order valence-electron chi connectivity index (χ3n) is 6.13. The standard InChI is InChI=1S/C21H28N4O/c1-24-15-18(14-23-24)13-22-19-7-10-21(11-8-19)12-9-20(26)25(21)16-17-5-3-2-4-6-17/h2-6,14-15,19,22H,7-13,16H2,1H3. The molecule has 0 atom stereocenters. The Labute approximate surface area is 155 Å². The number of likely N-dealkylation sites (tertiary alicyclic amines) is 1. The smallest absolute Gasteiger partial charge is 0.223 e. The predicted octanol–water partition coefficient (Wildman–Crippen LogP) is 3.01. The number of hydrogen-bond acceptors (Lipinski definition) is 3. The lowest BCUT2D eigenvalue weighted by Gasteiger charge is -2.44. The normalized spacial score (nSPS) is 26.0. The van der Waals surface area contributed by atoms with E-state index in [1.165, 1.54) is 11.1 Å². The summed E-state index contributed by atoms with van der Waals surface area (Å²) in [5.41, 5.74) is 2.55. The van der Waals surface area contributed by atoms with Crippen molar-refractivity contribution in [2.75, 3.05) is 0 Å². The van der Waals surface area contributed by atoms with Crippen LogP contribution in [-0.4, -0.2) is 32.2 Å². The zero-order valence-electron chi connectivity index (χ0n) is 15.5. The maximum absolute atomic E-state index is 12.5.